The summed E-state index contributed by atoms with van der Waals surface area (Å²) in [6, 6.07) is 18.8. The Bertz CT molecular complexity index is 1180. The van der Waals surface area contributed by atoms with Gasteiger partial charge in [-0.1, -0.05) is 33.2 Å². The number of hydrogen-bond acceptors (Lipinski definition) is 5. The van der Waals surface area contributed by atoms with Crippen LogP contribution in [0.1, 0.15) is 18.5 Å². The number of aromatic nitrogens is 3. The molecule has 0 aliphatic heterocycles. The molecule has 2 aromatic carbocycles. The number of nitrogens with one attached hydrogen (secondary N) is 1. The van der Waals surface area contributed by atoms with E-state index in [-0.39, 0.29) is 18.5 Å². The fraction of sp³-hybridized carbons (Fsp3) is 0.174. The minimum atomic E-state index is -0.158. The normalized spacial score (nSPS) is 11.8. The summed E-state index contributed by atoms with van der Waals surface area (Å²) in [5, 5.41) is 7.08. The van der Waals surface area contributed by atoms with Crippen molar-refractivity contribution in [1.29, 1.82) is 0 Å². The van der Waals surface area contributed by atoms with Crippen molar-refractivity contribution in [2.75, 3.05) is 7.11 Å². The number of methoxy groups -OCH3 is 1. The lowest BCUT2D eigenvalue weighted by Gasteiger charge is -2.16. The van der Waals surface area contributed by atoms with Crippen LogP contribution in [0, 0.1) is 0 Å². The van der Waals surface area contributed by atoms with Gasteiger partial charge in [-0.2, -0.15) is 4.98 Å². The molecular weight excluding hydrogens is 460 g/mol. The van der Waals surface area contributed by atoms with Crippen LogP contribution in [0.25, 0.3) is 23.0 Å². The number of carbonyl (C=O) groups excluding carboxylic acids is 1. The number of amides is 1. The van der Waals surface area contributed by atoms with E-state index in [2.05, 4.69) is 31.4 Å². The molecule has 0 aliphatic carbocycles. The monoisotopic (exact) mass is 480 g/mol. The number of halogens is 1. The number of hydrogen-bond donors (Lipinski definition) is 1. The maximum Gasteiger partial charge on any atom is 0.274 e. The second-order valence-electron chi connectivity index (χ2n) is 7.02. The molecule has 158 valence electrons. The zero-order chi connectivity index (χ0) is 21.8. The van der Waals surface area contributed by atoms with Gasteiger partial charge in [-0.05, 0) is 61.0 Å². The first-order valence-electron chi connectivity index (χ1n) is 9.72. The Hall–Kier alpha value is -3.39. The van der Waals surface area contributed by atoms with E-state index in [1.54, 1.807) is 11.7 Å². The summed E-state index contributed by atoms with van der Waals surface area (Å²) in [6.45, 7) is 2.07. The molecule has 8 heteroatoms. The Morgan fingerprint density at radius 2 is 2.00 bits per heavy atom. The third-order valence-electron chi connectivity index (χ3n) is 4.86. The van der Waals surface area contributed by atoms with E-state index < -0.39 is 0 Å². The lowest BCUT2D eigenvalue weighted by Crippen LogP contribution is -2.30. The van der Waals surface area contributed by atoms with Gasteiger partial charge >= 0.3 is 0 Å². The smallest absolute Gasteiger partial charge is 0.274 e. The molecule has 0 spiro atoms. The third kappa shape index (κ3) is 4.86. The van der Waals surface area contributed by atoms with Gasteiger partial charge < -0.3 is 19.1 Å². The number of benzene rings is 2. The summed E-state index contributed by atoms with van der Waals surface area (Å²) in [4.78, 5) is 17.1. The van der Waals surface area contributed by atoms with E-state index in [0.29, 0.717) is 17.4 Å². The maximum atomic E-state index is 12.7. The maximum absolute atomic E-state index is 12.7. The van der Waals surface area contributed by atoms with Gasteiger partial charge in [0.25, 0.3) is 5.89 Å². The van der Waals surface area contributed by atoms with E-state index in [0.717, 1.165) is 21.3 Å². The van der Waals surface area contributed by atoms with Crippen molar-refractivity contribution in [2.45, 2.75) is 19.5 Å². The highest BCUT2D eigenvalue weighted by Crippen LogP contribution is 2.24. The predicted molar refractivity (Wildman–Crippen MR) is 120 cm³/mol. The molecule has 0 aliphatic rings. The van der Waals surface area contributed by atoms with E-state index in [4.69, 9.17) is 9.26 Å². The Morgan fingerprint density at radius 1 is 1.19 bits per heavy atom. The van der Waals surface area contributed by atoms with Crippen LogP contribution in [-0.2, 0) is 11.3 Å². The fourth-order valence-electron chi connectivity index (χ4n) is 3.23. The molecule has 7 nitrogen and oxygen atoms in total. The summed E-state index contributed by atoms with van der Waals surface area (Å²) in [5.74, 6) is 1.48. The predicted octanol–water partition coefficient (Wildman–Crippen LogP) is 4.85. The molecule has 2 aromatic heterocycles. The quantitative estimate of drug-likeness (QED) is 0.408. The van der Waals surface area contributed by atoms with Crippen molar-refractivity contribution in [3.8, 4) is 28.7 Å². The Morgan fingerprint density at radius 3 is 2.77 bits per heavy atom. The highest BCUT2D eigenvalue weighted by Gasteiger charge is 2.17. The molecular formula is C23H21BrN4O3. The molecule has 4 aromatic rings. The van der Waals surface area contributed by atoms with Gasteiger partial charge in [0.1, 0.15) is 18.0 Å². The zero-order valence-corrected chi connectivity index (χ0v) is 18.7. The molecule has 1 amide bonds. The number of rotatable bonds is 7. The minimum absolute atomic E-state index is 0.125. The fourth-order valence-corrected chi connectivity index (χ4v) is 3.49. The molecule has 4 rings (SSSR count). The number of ether oxygens (including phenoxy) is 1. The molecule has 0 fully saturated rings. The Balaban J connectivity index is 1.46. The number of carbonyl (C=O) groups is 1. The van der Waals surface area contributed by atoms with Crippen LogP contribution in [-0.4, -0.2) is 27.7 Å². The van der Waals surface area contributed by atoms with Crippen molar-refractivity contribution in [2.24, 2.45) is 0 Å². The average molecular weight is 481 g/mol. The van der Waals surface area contributed by atoms with Crippen molar-refractivity contribution in [3.63, 3.8) is 0 Å². The Kier molecular flexibility index (Phi) is 6.18. The summed E-state index contributed by atoms with van der Waals surface area (Å²) >= 11 is 3.41. The van der Waals surface area contributed by atoms with E-state index in [1.165, 1.54) is 0 Å². The van der Waals surface area contributed by atoms with Crippen LogP contribution in [0.15, 0.2) is 75.9 Å². The molecule has 31 heavy (non-hydrogen) atoms. The topological polar surface area (TPSA) is 82.2 Å². The first-order chi connectivity index (χ1) is 15.0. The largest absolute Gasteiger partial charge is 0.497 e. The van der Waals surface area contributed by atoms with Crippen LogP contribution in [0.3, 0.4) is 0 Å². The summed E-state index contributed by atoms with van der Waals surface area (Å²) in [7, 11) is 1.62. The lowest BCUT2D eigenvalue weighted by molar-refractivity contribution is -0.122. The standard InChI is InChI=1S/C23H21BrN4O3/c1-15(17-5-3-6-19(13-17)30-2)25-21(29)14-28-12-4-7-20(28)23-26-22(27-31-23)16-8-10-18(24)11-9-16/h3-13,15H,14H2,1-2H3,(H,25,29). The van der Waals surface area contributed by atoms with E-state index >= 15 is 0 Å². The molecule has 2 heterocycles. The first kappa shape index (κ1) is 20.9. The second-order valence-corrected chi connectivity index (χ2v) is 7.93. The van der Waals surface area contributed by atoms with Crippen molar-refractivity contribution in [1.82, 2.24) is 20.0 Å². The summed E-state index contributed by atoms with van der Waals surface area (Å²) in [5.41, 5.74) is 2.50. The highest BCUT2D eigenvalue weighted by atomic mass is 79.9. The molecule has 0 saturated carbocycles. The molecule has 0 saturated heterocycles. The van der Waals surface area contributed by atoms with Gasteiger partial charge in [-0.15, -0.1) is 0 Å². The summed E-state index contributed by atoms with van der Waals surface area (Å²) < 4.78 is 13.5. The number of nitrogens with zero attached hydrogens (tertiary/aromatic N) is 3. The second kappa shape index (κ2) is 9.18. The molecule has 0 radical (unpaired) electrons. The molecule has 1 atom stereocenters. The van der Waals surface area contributed by atoms with Crippen molar-refractivity contribution in [3.05, 3.63) is 76.9 Å². The highest BCUT2D eigenvalue weighted by molar-refractivity contribution is 9.10. The molecule has 1 N–H and O–H groups in total. The van der Waals surface area contributed by atoms with Crippen LogP contribution in [0.4, 0.5) is 0 Å². The van der Waals surface area contributed by atoms with Crippen molar-refractivity contribution < 1.29 is 14.1 Å². The van der Waals surface area contributed by atoms with Crippen LogP contribution >= 0.6 is 15.9 Å². The first-order valence-corrected chi connectivity index (χ1v) is 10.5. The van der Waals surface area contributed by atoms with E-state index in [1.807, 2.05) is 73.8 Å². The minimum Gasteiger partial charge on any atom is -0.497 e. The zero-order valence-electron chi connectivity index (χ0n) is 17.1. The van der Waals surface area contributed by atoms with Gasteiger partial charge in [0.2, 0.25) is 11.7 Å². The third-order valence-corrected chi connectivity index (χ3v) is 5.39. The van der Waals surface area contributed by atoms with Gasteiger partial charge in [-0.3, -0.25) is 4.79 Å². The molecule has 0 bridgehead atoms. The summed E-state index contributed by atoms with van der Waals surface area (Å²) in [6.07, 6.45) is 1.81. The van der Waals surface area contributed by atoms with Crippen LogP contribution < -0.4 is 10.1 Å². The SMILES string of the molecule is COc1cccc(C(C)NC(=O)Cn2cccc2-c2nc(-c3ccc(Br)cc3)no2)c1. The van der Waals surface area contributed by atoms with E-state index in [9.17, 15) is 4.79 Å². The van der Waals surface area contributed by atoms with Gasteiger partial charge in [-0.25, -0.2) is 0 Å². The average Bonchev–Trinajstić information content (AvgIpc) is 3.43. The Labute approximate surface area is 188 Å². The van der Waals surface area contributed by atoms with Gasteiger partial charge in [0.05, 0.1) is 13.2 Å². The van der Waals surface area contributed by atoms with Crippen LogP contribution in [0.2, 0.25) is 0 Å². The van der Waals surface area contributed by atoms with Crippen molar-refractivity contribution >= 4 is 21.8 Å². The van der Waals surface area contributed by atoms with Gasteiger partial charge in [0, 0.05) is 16.2 Å². The lowest BCUT2D eigenvalue weighted by atomic mass is 10.1. The van der Waals surface area contributed by atoms with Gasteiger partial charge in [0.15, 0.2) is 0 Å². The van der Waals surface area contributed by atoms with Crippen LogP contribution in [0.5, 0.6) is 5.75 Å². The molecule has 1 unspecified atom stereocenters.